The van der Waals surface area contributed by atoms with Crippen molar-refractivity contribution in [2.45, 2.75) is 45.4 Å². The van der Waals surface area contributed by atoms with Crippen molar-refractivity contribution in [1.29, 1.82) is 0 Å². The first-order valence-electron chi connectivity index (χ1n) is 13.9. The normalized spacial score (nSPS) is 15.7. The van der Waals surface area contributed by atoms with E-state index in [1.165, 1.54) is 13.2 Å². The van der Waals surface area contributed by atoms with E-state index in [0.29, 0.717) is 22.0 Å². The molecule has 0 radical (unpaired) electrons. The zero-order valence-electron chi connectivity index (χ0n) is 24.3. The van der Waals surface area contributed by atoms with E-state index >= 15 is 0 Å². The molecule has 3 aromatic carbocycles. The fraction of sp³-hybridized carbons (Fsp3) is 0.323. The molecule has 3 aromatic rings. The predicted octanol–water partition coefficient (Wildman–Crippen LogP) is 5.37. The fourth-order valence-corrected chi connectivity index (χ4v) is 6.59. The number of rotatable bonds is 11. The molecule has 12 heteroatoms. The lowest BCUT2D eigenvalue weighted by molar-refractivity contribution is -0.157. The highest BCUT2D eigenvalue weighted by Crippen LogP contribution is 2.49. The third-order valence-electron chi connectivity index (χ3n) is 6.91. The number of aryl methyl sites for hydroxylation is 1. The number of methoxy groups -OCH3 is 1. The largest absolute Gasteiger partial charge is 0.467 e. The number of ether oxygens (including phenoxy) is 3. The second kappa shape index (κ2) is 14.3. The monoisotopic (exact) mass is 610 g/mol. The standard InChI is InChI=1S/C31H35N2O9P/c1-4-41-43(37,42-5-2)26-16-17-27-25(20-26)18-19-31(27,28(34)38-3)33(30(36)40-22-24-14-10-7-11-15-24)32-29(35)39-21-23-12-8-6-9-13-23/h6-17,20H,4-5,18-19,21-22H2,1-3H3,(H,32,35)/t31-/m0/s1. The summed E-state index contributed by atoms with van der Waals surface area (Å²) in [6.45, 7) is 3.55. The van der Waals surface area contributed by atoms with Gasteiger partial charge in [0, 0.05) is 0 Å². The number of esters is 1. The first kappa shape index (κ1) is 31.7. The van der Waals surface area contributed by atoms with Gasteiger partial charge in [-0.1, -0.05) is 66.7 Å². The lowest BCUT2D eigenvalue weighted by Gasteiger charge is -2.38. The van der Waals surface area contributed by atoms with Crippen LogP contribution in [0.2, 0.25) is 0 Å². The Morgan fingerprint density at radius 3 is 2.00 bits per heavy atom. The predicted molar refractivity (Wildman–Crippen MR) is 157 cm³/mol. The van der Waals surface area contributed by atoms with Gasteiger partial charge in [0.05, 0.1) is 25.6 Å². The van der Waals surface area contributed by atoms with Crippen LogP contribution in [-0.4, -0.2) is 43.5 Å². The van der Waals surface area contributed by atoms with E-state index in [4.69, 9.17) is 23.3 Å². The summed E-state index contributed by atoms with van der Waals surface area (Å²) in [5, 5.41) is 1.13. The highest BCUT2D eigenvalue weighted by molar-refractivity contribution is 7.62. The minimum absolute atomic E-state index is 0.0332. The molecule has 0 saturated heterocycles. The van der Waals surface area contributed by atoms with Crippen molar-refractivity contribution >= 4 is 31.1 Å². The quantitative estimate of drug-likeness (QED) is 0.132. The van der Waals surface area contributed by atoms with Crippen LogP contribution in [0.4, 0.5) is 9.59 Å². The Hall–Kier alpha value is -4.18. The van der Waals surface area contributed by atoms with Crippen LogP contribution in [0.15, 0.2) is 78.9 Å². The van der Waals surface area contributed by atoms with Crippen LogP contribution in [0.1, 0.15) is 42.5 Å². The molecule has 0 heterocycles. The molecule has 0 spiro atoms. The summed E-state index contributed by atoms with van der Waals surface area (Å²) in [5.41, 5.74) is 3.02. The molecule has 0 aromatic heterocycles. The van der Waals surface area contributed by atoms with Crippen LogP contribution >= 0.6 is 7.60 Å². The number of amides is 2. The second-order valence-electron chi connectivity index (χ2n) is 9.58. The number of nitrogens with zero attached hydrogens (tertiary/aromatic N) is 1. The van der Waals surface area contributed by atoms with Crippen LogP contribution < -0.4 is 10.7 Å². The van der Waals surface area contributed by atoms with Crippen molar-refractivity contribution < 1.29 is 42.2 Å². The van der Waals surface area contributed by atoms with Gasteiger partial charge in [0.2, 0.25) is 0 Å². The molecule has 1 aliphatic rings. The molecule has 0 bridgehead atoms. The average Bonchev–Trinajstić information content (AvgIpc) is 3.42. The SMILES string of the molecule is CCOP(=O)(OCC)c1ccc2c(c1)CC[C@]2(C(=O)OC)N(NC(=O)OCc1ccccc1)C(=O)OCc1ccccc1. The average molecular weight is 611 g/mol. The van der Waals surface area contributed by atoms with Crippen molar-refractivity contribution in [3.05, 3.63) is 101 Å². The van der Waals surface area contributed by atoms with Crippen molar-refractivity contribution in [2.24, 2.45) is 0 Å². The van der Waals surface area contributed by atoms with Crippen LogP contribution in [-0.2, 0) is 57.8 Å². The lowest BCUT2D eigenvalue weighted by atomic mass is 9.91. The maximum atomic E-state index is 13.7. The molecule has 0 saturated carbocycles. The summed E-state index contributed by atoms with van der Waals surface area (Å²) in [7, 11) is -2.45. The second-order valence-corrected chi connectivity index (χ2v) is 11.6. The topological polar surface area (TPSA) is 130 Å². The number of benzene rings is 3. The smallest absolute Gasteiger partial charge is 0.430 e. The van der Waals surface area contributed by atoms with Crippen molar-refractivity contribution in [2.75, 3.05) is 20.3 Å². The van der Waals surface area contributed by atoms with Crippen molar-refractivity contribution in [3.8, 4) is 0 Å². The van der Waals surface area contributed by atoms with Crippen LogP contribution in [0.5, 0.6) is 0 Å². The third-order valence-corrected chi connectivity index (χ3v) is 9.02. The molecule has 11 nitrogen and oxygen atoms in total. The molecule has 0 fully saturated rings. The zero-order chi connectivity index (χ0) is 30.9. The van der Waals surface area contributed by atoms with Gasteiger partial charge in [0.25, 0.3) is 0 Å². The molecular formula is C31H35N2O9P. The molecule has 4 rings (SSSR count). The highest BCUT2D eigenvalue weighted by atomic mass is 31.2. The summed E-state index contributed by atoms with van der Waals surface area (Å²) in [5.74, 6) is -0.809. The number of carbonyl (C=O) groups is 3. The molecule has 1 atom stereocenters. The Morgan fingerprint density at radius 1 is 0.860 bits per heavy atom. The number of fused-ring (bicyclic) bond motifs is 1. The number of hydrogen-bond acceptors (Lipinski definition) is 9. The number of carbonyl (C=O) groups excluding carboxylic acids is 3. The summed E-state index contributed by atoms with van der Waals surface area (Å²) < 4.78 is 40.6. The molecule has 228 valence electrons. The highest BCUT2D eigenvalue weighted by Gasteiger charge is 2.55. The minimum Gasteiger partial charge on any atom is -0.467 e. The van der Waals surface area contributed by atoms with Gasteiger partial charge in [-0.05, 0) is 61.1 Å². The van der Waals surface area contributed by atoms with Gasteiger partial charge in [-0.2, -0.15) is 5.01 Å². The van der Waals surface area contributed by atoms with Crippen molar-refractivity contribution in [3.63, 3.8) is 0 Å². The Kier molecular flexibility index (Phi) is 10.6. The number of hydrazine groups is 1. The van der Waals surface area contributed by atoms with Gasteiger partial charge in [0.15, 0.2) is 5.54 Å². The van der Waals surface area contributed by atoms with Gasteiger partial charge in [-0.25, -0.2) is 19.8 Å². The van der Waals surface area contributed by atoms with E-state index in [2.05, 4.69) is 5.43 Å². The Bertz CT molecular complexity index is 1460. The van der Waals surface area contributed by atoms with Gasteiger partial charge < -0.3 is 23.3 Å². The molecule has 43 heavy (non-hydrogen) atoms. The van der Waals surface area contributed by atoms with E-state index < -0.39 is 31.3 Å². The number of nitrogens with one attached hydrogen (secondary N) is 1. The maximum absolute atomic E-state index is 13.7. The minimum atomic E-state index is -3.64. The van der Waals surface area contributed by atoms with Gasteiger partial charge in [-0.3, -0.25) is 4.57 Å². The van der Waals surface area contributed by atoms with Crippen molar-refractivity contribution in [1.82, 2.24) is 10.4 Å². The zero-order valence-corrected chi connectivity index (χ0v) is 25.2. The Labute approximate surface area is 250 Å². The molecule has 2 amide bonds. The first-order chi connectivity index (χ1) is 20.8. The Morgan fingerprint density at radius 2 is 1.44 bits per heavy atom. The molecule has 1 aliphatic carbocycles. The maximum Gasteiger partial charge on any atom is 0.430 e. The summed E-state index contributed by atoms with van der Waals surface area (Å²) in [6, 6.07) is 22.7. The van der Waals surface area contributed by atoms with Gasteiger partial charge >= 0.3 is 25.8 Å². The van der Waals surface area contributed by atoms with E-state index in [-0.39, 0.29) is 39.3 Å². The molecule has 0 aliphatic heterocycles. The molecular weight excluding hydrogens is 575 g/mol. The Balaban J connectivity index is 1.71. The van der Waals surface area contributed by atoms with Crippen LogP contribution in [0, 0.1) is 0 Å². The van der Waals surface area contributed by atoms with Gasteiger partial charge in [-0.15, -0.1) is 0 Å². The van der Waals surface area contributed by atoms with E-state index in [1.807, 2.05) is 12.1 Å². The van der Waals surface area contributed by atoms with Gasteiger partial charge in [0.1, 0.15) is 13.2 Å². The summed E-state index contributed by atoms with van der Waals surface area (Å²) >= 11 is 0. The summed E-state index contributed by atoms with van der Waals surface area (Å²) in [6.07, 6.45) is -1.67. The molecule has 0 unspecified atom stereocenters. The first-order valence-corrected chi connectivity index (χ1v) is 15.4. The van der Waals surface area contributed by atoms with E-state index in [1.54, 1.807) is 74.5 Å². The molecule has 1 N–H and O–H groups in total. The van der Waals surface area contributed by atoms with Crippen LogP contribution in [0.25, 0.3) is 0 Å². The lowest BCUT2D eigenvalue weighted by Crippen LogP contribution is -2.61. The third kappa shape index (κ3) is 7.07. The fourth-order valence-electron chi connectivity index (χ4n) is 4.97. The van der Waals surface area contributed by atoms with E-state index in [9.17, 15) is 18.9 Å². The summed E-state index contributed by atoms with van der Waals surface area (Å²) in [4.78, 5) is 40.3. The van der Waals surface area contributed by atoms with E-state index in [0.717, 1.165) is 10.6 Å². The number of hydrogen-bond donors (Lipinski definition) is 1. The van der Waals surface area contributed by atoms with Crippen LogP contribution in [0.3, 0.4) is 0 Å².